The molecule has 37 heavy (non-hydrogen) atoms. The number of carbonyl (C=O) groups is 3. The van der Waals surface area contributed by atoms with Gasteiger partial charge in [-0.05, 0) is 62.8 Å². The molecule has 9 nitrogen and oxygen atoms in total. The highest BCUT2D eigenvalue weighted by molar-refractivity contribution is 7.99. The van der Waals surface area contributed by atoms with Gasteiger partial charge in [0, 0.05) is 21.9 Å². The fourth-order valence-corrected chi connectivity index (χ4v) is 6.50. The molecule has 1 aromatic carbocycles. The van der Waals surface area contributed by atoms with E-state index in [9.17, 15) is 14.4 Å². The van der Waals surface area contributed by atoms with E-state index in [0.29, 0.717) is 11.1 Å². The number of aromatic nitrogens is 3. The molecule has 0 saturated carbocycles. The van der Waals surface area contributed by atoms with E-state index < -0.39 is 11.9 Å². The van der Waals surface area contributed by atoms with E-state index in [1.54, 1.807) is 11.3 Å². The molecule has 2 heterocycles. The van der Waals surface area contributed by atoms with Crippen LogP contribution in [-0.2, 0) is 27.1 Å². The maximum Gasteiger partial charge on any atom is 0.339 e. The average molecular weight is 543 g/mol. The normalized spacial score (nSPS) is 14.8. The van der Waals surface area contributed by atoms with E-state index in [-0.39, 0.29) is 34.5 Å². The second-order valence-electron chi connectivity index (χ2n) is 9.25. The molecule has 11 heteroatoms. The van der Waals surface area contributed by atoms with Crippen LogP contribution in [0.15, 0.2) is 28.7 Å². The zero-order valence-corrected chi connectivity index (χ0v) is 23.1. The van der Waals surface area contributed by atoms with Gasteiger partial charge < -0.3 is 14.8 Å². The molecular formula is C26H30N4O5S2. The third-order valence-corrected chi connectivity index (χ3v) is 8.27. The van der Waals surface area contributed by atoms with Crippen molar-refractivity contribution in [2.24, 2.45) is 5.92 Å². The van der Waals surface area contributed by atoms with Crippen molar-refractivity contribution >= 4 is 46.6 Å². The quantitative estimate of drug-likeness (QED) is 0.312. The predicted molar refractivity (Wildman–Crippen MR) is 143 cm³/mol. The Kier molecular flexibility index (Phi) is 8.33. The molecule has 2 aromatic heterocycles. The summed E-state index contributed by atoms with van der Waals surface area (Å²) in [5.74, 6) is -0.0177. The van der Waals surface area contributed by atoms with Crippen molar-refractivity contribution in [1.82, 2.24) is 14.8 Å². The molecule has 0 aliphatic heterocycles. The highest BCUT2D eigenvalue weighted by Gasteiger charge is 2.26. The third-order valence-electron chi connectivity index (χ3n) is 6.28. The molecule has 0 fully saturated rings. The molecule has 4 rings (SSSR count). The number of nitrogens with zero attached hydrogens (tertiary/aromatic N) is 3. The van der Waals surface area contributed by atoms with Gasteiger partial charge in [-0.25, -0.2) is 9.59 Å². The first-order valence-electron chi connectivity index (χ1n) is 12.0. The number of nitrogens with one attached hydrogen (secondary N) is 1. The van der Waals surface area contributed by atoms with Crippen LogP contribution in [0.2, 0.25) is 0 Å². The Morgan fingerprint density at radius 3 is 2.65 bits per heavy atom. The second-order valence-corrected chi connectivity index (χ2v) is 11.2. The van der Waals surface area contributed by atoms with Crippen molar-refractivity contribution in [3.8, 4) is 11.4 Å². The molecule has 196 valence electrons. The minimum Gasteiger partial charge on any atom is -0.465 e. The Bertz CT molecular complexity index is 1330. The number of amides is 1. The number of carbonyl (C=O) groups excluding carboxylic acids is 3. The summed E-state index contributed by atoms with van der Waals surface area (Å²) in [4.78, 5) is 38.4. The lowest BCUT2D eigenvalue weighted by atomic mass is 9.88. The van der Waals surface area contributed by atoms with Crippen molar-refractivity contribution in [2.75, 3.05) is 25.3 Å². The van der Waals surface area contributed by atoms with Crippen LogP contribution in [0.1, 0.15) is 64.4 Å². The lowest BCUT2D eigenvalue weighted by Gasteiger charge is -2.19. The predicted octanol–water partition coefficient (Wildman–Crippen LogP) is 5.02. The van der Waals surface area contributed by atoms with Gasteiger partial charge in [-0.3, -0.25) is 9.36 Å². The second kappa shape index (κ2) is 11.5. The fourth-order valence-electron chi connectivity index (χ4n) is 4.39. The minimum atomic E-state index is -0.628. The highest BCUT2D eigenvalue weighted by Crippen LogP contribution is 2.39. The summed E-state index contributed by atoms with van der Waals surface area (Å²) in [6.07, 6.45) is 3.31. The number of hydrogen-bond donors (Lipinski definition) is 1. The summed E-state index contributed by atoms with van der Waals surface area (Å²) in [6.45, 7) is 6.43. The van der Waals surface area contributed by atoms with Crippen LogP contribution < -0.4 is 5.32 Å². The number of fused-ring (bicyclic) bond motifs is 1. The highest BCUT2D eigenvalue weighted by atomic mass is 32.2. The van der Waals surface area contributed by atoms with Gasteiger partial charge in [0.15, 0.2) is 11.0 Å². The van der Waals surface area contributed by atoms with Crippen LogP contribution in [0, 0.1) is 5.92 Å². The van der Waals surface area contributed by atoms with Gasteiger partial charge in [0.2, 0.25) is 5.91 Å². The van der Waals surface area contributed by atoms with E-state index in [0.717, 1.165) is 24.2 Å². The molecule has 1 atom stereocenters. The van der Waals surface area contributed by atoms with Gasteiger partial charge in [-0.2, -0.15) is 0 Å². The van der Waals surface area contributed by atoms with Gasteiger partial charge >= 0.3 is 11.9 Å². The largest absolute Gasteiger partial charge is 0.465 e. The summed E-state index contributed by atoms with van der Waals surface area (Å²) in [7, 11) is 2.51. The van der Waals surface area contributed by atoms with Gasteiger partial charge in [-0.1, -0.05) is 18.7 Å². The Balaban J connectivity index is 1.53. The van der Waals surface area contributed by atoms with Crippen molar-refractivity contribution < 1.29 is 23.9 Å². The summed E-state index contributed by atoms with van der Waals surface area (Å²) in [6, 6.07) is 4.36. The first kappa shape index (κ1) is 26.9. The number of ether oxygens (including phenoxy) is 2. The molecular weight excluding hydrogens is 512 g/mol. The van der Waals surface area contributed by atoms with E-state index in [1.807, 2.05) is 0 Å². The number of methoxy groups -OCH3 is 2. The van der Waals surface area contributed by atoms with Crippen LogP contribution >= 0.6 is 23.1 Å². The number of rotatable bonds is 8. The lowest BCUT2D eigenvalue weighted by Crippen LogP contribution is -2.18. The van der Waals surface area contributed by atoms with Crippen LogP contribution in [0.5, 0.6) is 0 Å². The molecule has 1 aliphatic rings. The smallest absolute Gasteiger partial charge is 0.339 e. The summed E-state index contributed by atoms with van der Waals surface area (Å²) in [5.41, 5.74) is 3.01. The van der Waals surface area contributed by atoms with E-state index >= 15 is 0 Å². The molecule has 0 bridgehead atoms. The number of esters is 2. The van der Waals surface area contributed by atoms with Gasteiger partial charge in [0.1, 0.15) is 0 Å². The fraction of sp³-hybridized carbons (Fsp3) is 0.423. The van der Waals surface area contributed by atoms with Crippen molar-refractivity contribution in [3.63, 3.8) is 0 Å². The zero-order valence-electron chi connectivity index (χ0n) is 21.5. The van der Waals surface area contributed by atoms with Crippen molar-refractivity contribution in [2.45, 2.75) is 51.2 Å². The third kappa shape index (κ3) is 5.72. The van der Waals surface area contributed by atoms with Gasteiger partial charge in [-0.15, -0.1) is 21.5 Å². The lowest BCUT2D eigenvalue weighted by molar-refractivity contribution is -0.113. The van der Waals surface area contributed by atoms with E-state index in [4.69, 9.17) is 9.47 Å². The van der Waals surface area contributed by atoms with E-state index in [2.05, 4.69) is 46.2 Å². The van der Waals surface area contributed by atoms with Crippen molar-refractivity contribution in [1.29, 1.82) is 0 Å². The van der Waals surface area contributed by atoms with Crippen LogP contribution in [0.4, 0.5) is 5.69 Å². The topological polar surface area (TPSA) is 112 Å². The molecule has 3 aromatic rings. The number of anilines is 1. The van der Waals surface area contributed by atoms with Crippen LogP contribution in [0.3, 0.4) is 0 Å². The number of benzene rings is 1. The number of thioether (sulfide) groups is 1. The monoisotopic (exact) mass is 542 g/mol. The molecule has 1 unspecified atom stereocenters. The Labute approximate surface area is 224 Å². The SMILES string of the molecule is COC(=O)c1ccc(C(=O)OC)c(NC(=O)CSc2nnc(-c3csc4c3CCC(C)C4)n2C(C)C)c1. The van der Waals surface area contributed by atoms with Gasteiger partial charge in [0.25, 0.3) is 0 Å². The Hall–Kier alpha value is -3.18. The minimum absolute atomic E-state index is 0.0349. The Morgan fingerprint density at radius 1 is 1.19 bits per heavy atom. The number of thiophene rings is 1. The Morgan fingerprint density at radius 2 is 1.95 bits per heavy atom. The standard InChI is InChI=1S/C26H30N4O5S2/c1-14(2)30-23(19-12-36-21-10-15(3)6-8-17(19)21)28-29-26(30)37-13-22(31)27-20-11-16(24(32)34-4)7-9-18(20)25(33)35-5/h7,9,11-12,14-15H,6,8,10,13H2,1-5H3,(H,27,31). The summed E-state index contributed by atoms with van der Waals surface area (Å²) in [5, 5.41) is 14.5. The number of hydrogen-bond acceptors (Lipinski definition) is 9. The maximum absolute atomic E-state index is 12.9. The molecule has 1 aliphatic carbocycles. The summed E-state index contributed by atoms with van der Waals surface area (Å²) >= 11 is 3.05. The first-order chi connectivity index (χ1) is 17.7. The zero-order chi connectivity index (χ0) is 26.7. The van der Waals surface area contributed by atoms with Crippen LogP contribution in [0.25, 0.3) is 11.4 Å². The molecule has 0 radical (unpaired) electrons. The first-order valence-corrected chi connectivity index (χ1v) is 13.9. The van der Waals surface area contributed by atoms with E-state index in [1.165, 1.54) is 61.0 Å². The van der Waals surface area contributed by atoms with Crippen LogP contribution in [-0.4, -0.2) is 52.6 Å². The molecule has 1 amide bonds. The summed E-state index contributed by atoms with van der Waals surface area (Å²) < 4.78 is 11.6. The molecule has 1 N–H and O–H groups in total. The van der Waals surface area contributed by atoms with Crippen molar-refractivity contribution in [3.05, 3.63) is 45.1 Å². The molecule has 0 saturated heterocycles. The van der Waals surface area contributed by atoms with Gasteiger partial charge in [0.05, 0.1) is 36.8 Å². The average Bonchev–Trinajstić information content (AvgIpc) is 3.50. The molecule has 0 spiro atoms. The maximum atomic E-state index is 12.9.